The maximum Gasteiger partial charge on any atom is 0.240 e. The first kappa shape index (κ1) is 14.6. The number of carbonyl (C=O) groups excluding carboxylic acids is 1. The first-order chi connectivity index (χ1) is 8.36. The number of hydrogen-bond donors (Lipinski definition) is 1. The standard InChI is InChI=1S/C14H23N3O/c1-5-17(10-11-8-6-7-9-16-11)13(18)12(15)14(2,3)4/h6-9,12H,5,10,15H2,1-4H3/t12-/m0/s1. The second kappa shape index (κ2) is 5.96. The van der Waals surface area contributed by atoms with Gasteiger partial charge in [0, 0.05) is 12.7 Å². The normalized spacial score (nSPS) is 13.2. The number of amides is 1. The summed E-state index contributed by atoms with van der Waals surface area (Å²) >= 11 is 0. The van der Waals surface area contributed by atoms with Crippen LogP contribution in [0, 0.1) is 5.41 Å². The van der Waals surface area contributed by atoms with Crippen LogP contribution in [-0.2, 0) is 11.3 Å². The predicted octanol–water partition coefficient (Wildman–Crippen LogP) is 1.80. The zero-order chi connectivity index (χ0) is 13.8. The van der Waals surface area contributed by atoms with Gasteiger partial charge in [-0.2, -0.15) is 0 Å². The van der Waals surface area contributed by atoms with Crippen molar-refractivity contribution < 1.29 is 4.79 Å². The van der Waals surface area contributed by atoms with E-state index in [1.165, 1.54) is 0 Å². The maximum absolute atomic E-state index is 12.3. The molecule has 1 aromatic rings. The van der Waals surface area contributed by atoms with E-state index in [2.05, 4.69) is 4.98 Å². The van der Waals surface area contributed by atoms with Crippen LogP contribution in [0.5, 0.6) is 0 Å². The van der Waals surface area contributed by atoms with Gasteiger partial charge < -0.3 is 10.6 Å². The molecule has 100 valence electrons. The van der Waals surface area contributed by atoms with Crippen LogP contribution >= 0.6 is 0 Å². The second-order valence-corrected chi connectivity index (χ2v) is 5.52. The zero-order valence-electron chi connectivity index (χ0n) is 11.7. The molecule has 4 nitrogen and oxygen atoms in total. The number of nitrogens with two attached hydrogens (primary N) is 1. The molecule has 18 heavy (non-hydrogen) atoms. The highest BCUT2D eigenvalue weighted by Gasteiger charge is 2.30. The van der Waals surface area contributed by atoms with Crippen molar-refractivity contribution in [2.45, 2.75) is 40.3 Å². The molecule has 0 spiro atoms. The van der Waals surface area contributed by atoms with Crippen molar-refractivity contribution in [3.05, 3.63) is 30.1 Å². The molecule has 0 fully saturated rings. The molecule has 1 atom stereocenters. The third-order valence-electron chi connectivity index (χ3n) is 2.97. The summed E-state index contributed by atoms with van der Waals surface area (Å²) in [5.74, 6) is -0.0179. The fourth-order valence-corrected chi connectivity index (χ4v) is 1.60. The molecule has 0 aliphatic heterocycles. The Bertz CT molecular complexity index is 384. The van der Waals surface area contributed by atoms with E-state index in [0.29, 0.717) is 13.1 Å². The molecule has 1 amide bonds. The summed E-state index contributed by atoms with van der Waals surface area (Å²) in [5, 5.41) is 0. The smallest absolute Gasteiger partial charge is 0.240 e. The fraction of sp³-hybridized carbons (Fsp3) is 0.571. The number of rotatable bonds is 4. The highest BCUT2D eigenvalue weighted by atomic mass is 16.2. The van der Waals surface area contributed by atoms with Crippen LogP contribution in [0.25, 0.3) is 0 Å². The highest BCUT2D eigenvalue weighted by molar-refractivity contribution is 5.82. The first-order valence-corrected chi connectivity index (χ1v) is 6.30. The molecule has 0 saturated heterocycles. The molecule has 0 unspecified atom stereocenters. The summed E-state index contributed by atoms with van der Waals surface area (Å²) in [4.78, 5) is 18.3. The topological polar surface area (TPSA) is 59.2 Å². The van der Waals surface area contributed by atoms with E-state index in [4.69, 9.17) is 5.73 Å². The van der Waals surface area contributed by atoms with Crippen molar-refractivity contribution in [3.63, 3.8) is 0 Å². The van der Waals surface area contributed by atoms with Crippen molar-refractivity contribution in [1.82, 2.24) is 9.88 Å². The van der Waals surface area contributed by atoms with Gasteiger partial charge in [0.05, 0.1) is 18.3 Å². The lowest BCUT2D eigenvalue weighted by atomic mass is 9.86. The second-order valence-electron chi connectivity index (χ2n) is 5.52. The number of aromatic nitrogens is 1. The lowest BCUT2D eigenvalue weighted by Crippen LogP contribution is -2.50. The van der Waals surface area contributed by atoms with Gasteiger partial charge >= 0.3 is 0 Å². The zero-order valence-corrected chi connectivity index (χ0v) is 11.7. The third-order valence-corrected chi connectivity index (χ3v) is 2.97. The van der Waals surface area contributed by atoms with Crippen LogP contribution in [0.4, 0.5) is 0 Å². The van der Waals surface area contributed by atoms with Gasteiger partial charge in [0.25, 0.3) is 0 Å². The minimum atomic E-state index is -0.485. The molecule has 0 bridgehead atoms. The van der Waals surface area contributed by atoms with Gasteiger partial charge in [0.2, 0.25) is 5.91 Å². The minimum absolute atomic E-state index is 0.0179. The Labute approximate surface area is 109 Å². The Morgan fingerprint density at radius 2 is 2.11 bits per heavy atom. The molecule has 1 heterocycles. The van der Waals surface area contributed by atoms with Crippen LogP contribution in [0.3, 0.4) is 0 Å². The summed E-state index contributed by atoms with van der Waals surface area (Å²) < 4.78 is 0. The summed E-state index contributed by atoms with van der Waals surface area (Å²) in [6, 6.07) is 5.21. The molecule has 0 saturated carbocycles. The van der Waals surface area contributed by atoms with Crippen LogP contribution in [-0.4, -0.2) is 28.4 Å². The molecule has 1 aromatic heterocycles. The van der Waals surface area contributed by atoms with Gasteiger partial charge in [-0.25, -0.2) is 0 Å². The van der Waals surface area contributed by atoms with E-state index in [1.807, 2.05) is 45.9 Å². The quantitative estimate of drug-likeness (QED) is 0.885. The Balaban J connectivity index is 2.75. The number of carbonyl (C=O) groups is 1. The van der Waals surface area contributed by atoms with Crippen molar-refractivity contribution in [2.75, 3.05) is 6.54 Å². The summed E-state index contributed by atoms with van der Waals surface area (Å²) in [5.41, 5.74) is 6.67. The fourth-order valence-electron chi connectivity index (χ4n) is 1.60. The molecule has 0 radical (unpaired) electrons. The highest BCUT2D eigenvalue weighted by Crippen LogP contribution is 2.19. The van der Waals surface area contributed by atoms with Gasteiger partial charge in [-0.1, -0.05) is 26.8 Å². The molecular formula is C14H23N3O. The van der Waals surface area contributed by atoms with E-state index in [1.54, 1.807) is 11.1 Å². The van der Waals surface area contributed by atoms with Crippen molar-refractivity contribution in [1.29, 1.82) is 0 Å². The van der Waals surface area contributed by atoms with Gasteiger partial charge in [0.15, 0.2) is 0 Å². The van der Waals surface area contributed by atoms with Crippen LogP contribution in [0.15, 0.2) is 24.4 Å². The molecule has 2 N–H and O–H groups in total. The summed E-state index contributed by atoms with van der Waals surface area (Å²) in [6.45, 7) is 9.04. The van der Waals surface area contributed by atoms with Gasteiger partial charge in [-0.05, 0) is 24.5 Å². The molecule has 4 heteroatoms. The van der Waals surface area contributed by atoms with Crippen LogP contribution in [0.2, 0.25) is 0 Å². The SMILES string of the molecule is CCN(Cc1ccccn1)C(=O)[C@H](N)C(C)(C)C. The molecule has 0 aliphatic carbocycles. The lowest BCUT2D eigenvalue weighted by molar-refractivity contribution is -0.135. The summed E-state index contributed by atoms with van der Waals surface area (Å²) in [7, 11) is 0. The van der Waals surface area contributed by atoms with E-state index in [-0.39, 0.29) is 11.3 Å². The number of likely N-dealkylation sites (N-methyl/N-ethyl adjacent to an activating group) is 1. The van der Waals surface area contributed by atoms with Crippen molar-refractivity contribution in [2.24, 2.45) is 11.1 Å². The average Bonchev–Trinajstić information content (AvgIpc) is 2.34. The predicted molar refractivity (Wildman–Crippen MR) is 72.8 cm³/mol. The molecule has 0 aromatic carbocycles. The van der Waals surface area contributed by atoms with Crippen LogP contribution in [0.1, 0.15) is 33.4 Å². The lowest BCUT2D eigenvalue weighted by Gasteiger charge is -2.31. The van der Waals surface area contributed by atoms with E-state index >= 15 is 0 Å². The van der Waals surface area contributed by atoms with E-state index in [9.17, 15) is 4.79 Å². The van der Waals surface area contributed by atoms with E-state index in [0.717, 1.165) is 5.69 Å². The van der Waals surface area contributed by atoms with Gasteiger partial charge in [-0.15, -0.1) is 0 Å². The molecule has 1 rings (SSSR count). The Morgan fingerprint density at radius 3 is 2.56 bits per heavy atom. The third kappa shape index (κ3) is 3.81. The summed E-state index contributed by atoms with van der Waals surface area (Å²) in [6.07, 6.45) is 1.73. The van der Waals surface area contributed by atoms with E-state index < -0.39 is 6.04 Å². The average molecular weight is 249 g/mol. The van der Waals surface area contributed by atoms with Gasteiger partial charge in [-0.3, -0.25) is 9.78 Å². The minimum Gasteiger partial charge on any atom is -0.336 e. The van der Waals surface area contributed by atoms with Crippen molar-refractivity contribution in [3.8, 4) is 0 Å². The Morgan fingerprint density at radius 1 is 1.44 bits per heavy atom. The van der Waals surface area contributed by atoms with Crippen LogP contribution < -0.4 is 5.73 Å². The molecular weight excluding hydrogens is 226 g/mol. The molecule has 0 aliphatic rings. The maximum atomic E-state index is 12.3. The van der Waals surface area contributed by atoms with Gasteiger partial charge in [0.1, 0.15) is 0 Å². The first-order valence-electron chi connectivity index (χ1n) is 6.30. The van der Waals surface area contributed by atoms with Crippen molar-refractivity contribution >= 4 is 5.91 Å². The Hall–Kier alpha value is -1.42. The monoisotopic (exact) mass is 249 g/mol. The Kier molecular flexibility index (Phi) is 4.84. The number of nitrogens with zero attached hydrogens (tertiary/aromatic N) is 2. The number of hydrogen-bond acceptors (Lipinski definition) is 3. The number of pyridine rings is 1. The largest absolute Gasteiger partial charge is 0.336 e.